The first-order chi connectivity index (χ1) is 9.17. The molecule has 0 spiro atoms. The Morgan fingerprint density at radius 3 is 2.89 bits per heavy atom. The fourth-order valence-electron chi connectivity index (χ4n) is 2.50. The van der Waals surface area contributed by atoms with Gasteiger partial charge in [-0.2, -0.15) is 0 Å². The molecule has 19 heavy (non-hydrogen) atoms. The van der Waals surface area contributed by atoms with E-state index in [2.05, 4.69) is 12.2 Å². The number of rotatable bonds is 9. The maximum atomic E-state index is 12.5. The highest BCUT2D eigenvalue weighted by molar-refractivity contribution is 4.82. The average Bonchev–Trinajstić information content (AvgIpc) is 2.37. The van der Waals surface area contributed by atoms with Gasteiger partial charge in [-0.05, 0) is 19.4 Å². The van der Waals surface area contributed by atoms with Crippen LogP contribution in [0.2, 0.25) is 0 Å². The minimum atomic E-state index is -2.36. The summed E-state index contributed by atoms with van der Waals surface area (Å²) in [4.78, 5) is 1.63. The third kappa shape index (κ3) is 6.61. The van der Waals surface area contributed by atoms with Crippen LogP contribution in [0.5, 0.6) is 0 Å². The van der Waals surface area contributed by atoms with E-state index in [0.717, 1.165) is 26.0 Å². The van der Waals surface area contributed by atoms with Crippen molar-refractivity contribution >= 4 is 0 Å². The van der Waals surface area contributed by atoms with Crippen molar-refractivity contribution in [2.24, 2.45) is 5.92 Å². The molecule has 1 aliphatic rings. The van der Waals surface area contributed by atoms with E-state index in [-0.39, 0.29) is 19.1 Å². The van der Waals surface area contributed by atoms with E-state index in [4.69, 9.17) is 9.84 Å². The van der Waals surface area contributed by atoms with E-state index < -0.39 is 6.43 Å². The predicted octanol–water partition coefficient (Wildman–Crippen LogP) is 0.950. The molecule has 0 aromatic rings. The van der Waals surface area contributed by atoms with Gasteiger partial charge in [-0.1, -0.05) is 6.92 Å². The molecule has 1 heterocycles. The molecule has 1 fully saturated rings. The minimum absolute atomic E-state index is 0.0899. The summed E-state index contributed by atoms with van der Waals surface area (Å²) < 4.78 is 30.4. The normalized spacial score (nSPS) is 24.3. The Kier molecular flexibility index (Phi) is 8.45. The standard InChI is InChI=1S/C13H26F2N2O2/c1-2-4-16-12-3-7-19-10-11(12)8-17(5-6-18)9-13(14)15/h11-13,16,18H,2-10H2,1H3. The van der Waals surface area contributed by atoms with Crippen LogP contribution in [0.4, 0.5) is 8.78 Å². The van der Waals surface area contributed by atoms with Gasteiger partial charge in [-0.25, -0.2) is 8.78 Å². The Hall–Kier alpha value is -0.300. The van der Waals surface area contributed by atoms with Crippen LogP contribution in [0.15, 0.2) is 0 Å². The molecule has 114 valence electrons. The smallest absolute Gasteiger partial charge is 0.251 e. The Morgan fingerprint density at radius 2 is 2.26 bits per heavy atom. The highest BCUT2D eigenvalue weighted by Gasteiger charge is 2.27. The van der Waals surface area contributed by atoms with Crippen LogP contribution in [0.3, 0.4) is 0 Å². The van der Waals surface area contributed by atoms with Crippen molar-refractivity contribution in [3.05, 3.63) is 0 Å². The lowest BCUT2D eigenvalue weighted by molar-refractivity contribution is 0.00278. The fourth-order valence-corrected chi connectivity index (χ4v) is 2.50. The zero-order chi connectivity index (χ0) is 14.1. The summed E-state index contributed by atoms with van der Waals surface area (Å²) in [5.74, 6) is 0.214. The van der Waals surface area contributed by atoms with Gasteiger partial charge in [0, 0.05) is 31.7 Å². The van der Waals surface area contributed by atoms with E-state index in [1.54, 1.807) is 4.90 Å². The van der Waals surface area contributed by atoms with Crippen molar-refractivity contribution in [2.75, 3.05) is 46.0 Å². The van der Waals surface area contributed by atoms with Crippen molar-refractivity contribution < 1.29 is 18.6 Å². The first-order valence-corrected chi connectivity index (χ1v) is 7.09. The van der Waals surface area contributed by atoms with Crippen molar-refractivity contribution in [1.29, 1.82) is 0 Å². The SMILES string of the molecule is CCCNC1CCOCC1CN(CCO)CC(F)F. The van der Waals surface area contributed by atoms with Crippen molar-refractivity contribution in [2.45, 2.75) is 32.2 Å². The van der Waals surface area contributed by atoms with Crippen LogP contribution in [0.1, 0.15) is 19.8 Å². The van der Waals surface area contributed by atoms with Crippen LogP contribution in [0.25, 0.3) is 0 Å². The minimum Gasteiger partial charge on any atom is -0.395 e. The highest BCUT2D eigenvalue weighted by atomic mass is 19.3. The number of hydrogen-bond acceptors (Lipinski definition) is 4. The van der Waals surface area contributed by atoms with Gasteiger partial charge in [0.1, 0.15) is 0 Å². The monoisotopic (exact) mass is 280 g/mol. The van der Waals surface area contributed by atoms with Crippen molar-refractivity contribution in [3.8, 4) is 0 Å². The summed E-state index contributed by atoms with van der Waals surface area (Å²) >= 11 is 0. The Labute approximate surface area is 114 Å². The van der Waals surface area contributed by atoms with Gasteiger partial charge in [0.15, 0.2) is 0 Å². The Bertz CT molecular complexity index is 233. The molecule has 0 bridgehead atoms. The van der Waals surface area contributed by atoms with Crippen LogP contribution in [-0.4, -0.2) is 68.5 Å². The van der Waals surface area contributed by atoms with Gasteiger partial charge in [-0.15, -0.1) is 0 Å². The molecule has 1 rings (SSSR count). The average molecular weight is 280 g/mol. The van der Waals surface area contributed by atoms with E-state index in [1.165, 1.54) is 0 Å². The molecule has 0 amide bonds. The second-order valence-corrected chi connectivity index (χ2v) is 5.06. The van der Waals surface area contributed by atoms with Gasteiger partial charge in [0.2, 0.25) is 0 Å². The number of nitrogens with one attached hydrogen (secondary N) is 1. The molecule has 6 heteroatoms. The maximum absolute atomic E-state index is 12.5. The molecule has 0 aromatic heterocycles. The van der Waals surface area contributed by atoms with E-state index in [9.17, 15) is 8.78 Å². The summed E-state index contributed by atoms with van der Waals surface area (Å²) in [5, 5.41) is 12.4. The van der Waals surface area contributed by atoms with Crippen molar-refractivity contribution in [1.82, 2.24) is 10.2 Å². The lowest BCUT2D eigenvalue weighted by Gasteiger charge is -2.35. The Balaban J connectivity index is 2.47. The molecule has 1 saturated heterocycles. The van der Waals surface area contributed by atoms with Gasteiger partial charge in [0.05, 0.1) is 19.8 Å². The molecule has 0 aromatic carbocycles. The second kappa shape index (κ2) is 9.58. The maximum Gasteiger partial charge on any atom is 0.251 e. The number of halogens is 2. The molecule has 4 nitrogen and oxygen atoms in total. The lowest BCUT2D eigenvalue weighted by Crippen LogP contribution is -2.49. The molecule has 2 atom stereocenters. The summed E-state index contributed by atoms with van der Waals surface area (Å²) in [5.41, 5.74) is 0. The largest absolute Gasteiger partial charge is 0.395 e. The summed E-state index contributed by atoms with van der Waals surface area (Å²) in [7, 11) is 0. The molecule has 2 N–H and O–H groups in total. The zero-order valence-electron chi connectivity index (χ0n) is 11.7. The van der Waals surface area contributed by atoms with Crippen LogP contribution < -0.4 is 5.32 Å². The third-order valence-electron chi connectivity index (χ3n) is 3.44. The summed E-state index contributed by atoms with van der Waals surface area (Å²) in [6.07, 6.45) is -0.383. The van der Waals surface area contributed by atoms with Crippen LogP contribution in [-0.2, 0) is 4.74 Å². The number of alkyl halides is 2. The summed E-state index contributed by atoms with van der Waals surface area (Å²) in [6, 6.07) is 0.326. The quantitative estimate of drug-likeness (QED) is 0.660. The molecule has 0 saturated carbocycles. The van der Waals surface area contributed by atoms with Gasteiger partial charge in [0.25, 0.3) is 6.43 Å². The first-order valence-electron chi connectivity index (χ1n) is 7.09. The topological polar surface area (TPSA) is 44.7 Å². The van der Waals surface area contributed by atoms with Crippen LogP contribution >= 0.6 is 0 Å². The number of aliphatic hydroxyl groups excluding tert-OH is 1. The lowest BCUT2D eigenvalue weighted by atomic mass is 9.95. The van der Waals surface area contributed by atoms with E-state index in [0.29, 0.717) is 25.7 Å². The highest BCUT2D eigenvalue weighted by Crippen LogP contribution is 2.17. The number of hydrogen-bond donors (Lipinski definition) is 2. The third-order valence-corrected chi connectivity index (χ3v) is 3.44. The number of nitrogens with zero attached hydrogens (tertiary/aromatic N) is 1. The fraction of sp³-hybridized carbons (Fsp3) is 1.00. The first kappa shape index (κ1) is 16.8. The number of ether oxygens (including phenoxy) is 1. The zero-order valence-corrected chi connectivity index (χ0v) is 11.7. The van der Waals surface area contributed by atoms with Gasteiger partial charge >= 0.3 is 0 Å². The predicted molar refractivity (Wildman–Crippen MR) is 70.5 cm³/mol. The van der Waals surface area contributed by atoms with E-state index >= 15 is 0 Å². The molecular formula is C13H26F2N2O2. The van der Waals surface area contributed by atoms with Gasteiger partial charge < -0.3 is 15.2 Å². The molecule has 0 radical (unpaired) electrons. The van der Waals surface area contributed by atoms with Crippen molar-refractivity contribution in [3.63, 3.8) is 0 Å². The molecule has 1 aliphatic heterocycles. The number of aliphatic hydroxyl groups is 1. The molecule has 2 unspecified atom stereocenters. The molecule has 0 aliphatic carbocycles. The Morgan fingerprint density at radius 1 is 1.47 bits per heavy atom. The molecular weight excluding hydrogens is 254 g/mol. The summed E-state index contributed by atoms with van der Waals surface area (Å²) in [6.45, 7) is 4.85. The van der Waals surface area contributed by atoms with E-state index in [1.807, 2.05) is 0 Å². The second-order valence-electron chi connectivity index (χ2n) is 5.06. The van der Waals surface area contributed by atoms with Gasteiger partial charge in [-0.3, -0.25) is 4.90 Å². The van der Waals surface area contributed by atoms with Crippen LogP contribution in [0, 0.1) is 5.92 Å².